The molecule has 0 bridgehead atoms. The smallest absolute Gasteiger partial charge is 0.233 e. The summed E-state index contributed by atoms with van der Waals surface area (Å²) < 4.78 is 29.2. The second-order valence-electron chi connectivity index (χ2n) is 7.52. The Morgan fingerprint density at radius 1 is 1.17 bits per heavy atom. The minimum Gasteiger partial charge on any atom is -0.267 e. The summed E-state index contributed by atoms with van der Waals surface area (Å²) in [4.78, 5) is 0. The summed E-state index contributed by atoms with van der Waals surface area (Å²) in [6.07, 6.45) is 0.626. The van der Waals surface area contributed by atoms with Crippen LogP contribution >= 0.6 is 0 Å². The summed E-state index contributed by atoms with van der Waals surface area (Å²) in [7, 11) is -3.40. The van der Waals surface area contributed by atoms with Crippen molar-refractivity contribution >= 4 is 15.8 Å². The molecule has 0 unspecified atom stereocenters. The van der Waals surface area contributed by atoms with Gasteiger partial charge < -0.3 is 0 Å². The molecule has 0 aliphatic heterocycles. The van der Waals surface area contributed by atoms with E-state index >= 15 is 0 Å². The maximum absolute atomic E-state index is 12.4. The van der Waals surface area contributed by atoms with Crippen molar-refractivity contribution in [2.45, 2.75) is 46.5 Å². The van der Waals surface area contributed by atoms with Gasteiger partial charge in [-0.05, 0) is 24.5 Å². The number of aromatic nitrogens is 2. The molecule has 1 aromatic heterocycles. The Morgan fingerprint density at radius 3 is 2.33 bits per heavy atom. The van der Waals surface area contributed by atoms with Crippen molar-refractivity contribution < 1.29 is 8.42 Å². The number of nitrogens with zero attached hydrogens (tertiary/aromatic N) is 2. The Labute approximate surface area is 145 Å². The SMILES string of the molecule is CC(C)CCS(=O)(=O)Nc1cc(C(C)(C)C)nn1-c1ccccc1. The molecule has 1 N–H and O–H groups in total. The van der Waals surface area contributed by atoms with Crippen LogP contribution in [0.2, 0.25) is 0 Å². The Bertz CT molecular complexity index is 772. The Kier molecular flexibility index (Phi) is 5.38. The minimum atomic E-state index is -3.40. The van der Waals surface area contributed by atoms with Crippen molar-refractivity contribution in [3.8, 4) is 5.69 Å². The van der Waals surface area contributed by atoms with Gasteiger partial charge in [0.25, 0.3) is 0 Å². The first-order chi connectivity index (χ1) is 11.1. The summed E-state index contributed by atoms with van der Waals surface area (Å²) in [5, 5.41) is 4.62. The molecule has 0 aliphatic carbocycles. The van der Waals surface area contributed by atoms with E-state index < -0.39 is 10.0 Å². The molecular weight excluding hydrogens is 322 g/mol. The number of hydrogen-bond acceptors (Lipinski definition) is 3. The highest BCUT2D eigenvalue weighted by Crippen LogP contribution is 2.27. The summed E-state index contributed by atoms with van der Waals surface area (Å²) in [6, 6.07) is 11.4. The molecule has 1 heterocycles. The Hall–Kier alpha value is -1.82. The van der Waals surface area contributed by atoms with Crippen LogP contribution in [-0.4, -0.2) is 24.0 Å². The monoisotopic (exact) mass is 349 g/mol. The zero-order valence-electron chi connectivity index (χ0n) is 15.1. The van der Waals surface area contributed by atoms with Gasteiger partial charge in [-0.3, -0.25) is 4.72 Å². The van der Waals surface area contributed by atoms with E-state index in [-0.39, 0.29) is 11.2 Å². The largest absolute Gasteiger partial charge is 0.267 e. The first kappa shape index (κ1) is 18.5. The molecule has 2 rings (SSSR count). The molecule has 0 amide bonds. The third-order valence-corrected chi connectivity index (χ3v) is 5.00. The van der Waals surface area contributed by atoms with Gasteiger partial charge in [-0.25, -0.2) is 13.1 Å². The highest BCUT2D eigenvalue weighted by Gasteiger charge is 2.23. The molecule has 0 atom stereocenters. The molecule has 0 saturated carbocycles. The normalized spacial score (nSPS) is 12.6. The Balaban J connectivity index is 2.39. The van der Waals surface area contributed by atoms with Crippen LogP contribution in [0.1, 0.15) is 46.7 Å². The molecule has 5 nitrogen and oxygen atoms in total. The molecule has 2 aromatic rings. The lowest BCUT2D eigenvalue weighted by Crippen LogP contribution is -2.19. The van der Waals surface area contributed by atoms with Crippen molar-refractivity contribution in [2.75, 3.05) is 10.5 Å². The van der Waals surface area contributed by atoms with Gasteiger partial charge in [0.1, 0.15) is 5.82 Å². The maximum Gasteiger partial charge on any atom is 0.233 e. The first-order valence-electron chi connectivity index (χ1n) is 8.25. The highest BCUT2D eigenvalue weighted by atomic mass is 32.2. The Morgan fingerprint density at radius 2 is 1.79 bits per heavy atom. The third-order valence-electron chi connectivity index (χ3n) is 3.70. The third kappa shape index (κ3) is 4.84. The van der Waals surface area contributed by atoms with Gasteiger partial charge in [0, 0.05) is 11.5 Å². The molecule has 0 aliphatic rings. The molecule has 1 aromatic carbocycles. The molecule has 0 radical (unpaired) electrons. The molecule has 6 heteroatoms. The summed E-state index contributed by atoms with van der Waals surface area (Å²) >= 11 is 0. The van der Waals surface area contributed by atoms with E-state index in [4.69, 9.17) is 0 Å². The van der Waals surface area contributed by atoms with Crippen LogP contribution in [0.15, 0.2) is 36.4 Å². The van der Waals surface area contributed by atoms with Gasteiger partial charge in [-0.15, -0.1) is 0 Å². The van der Waals surface area contributed by atoms with E-state index in [1.807, 2.05) is 50.2 Å². The standard InChI is InChI=1S/C18H27N3O2S/c1-14(2)11-12-24(22,23)20-17-13-16(18(3,4)5)19-21(17)15-9-7-6-8-10-15/h6-10,13-14,20H,11-12H2,1-5H3. The number of sulfonamides is 1. The zero-order chi connectivity index (χ0) is 18.0. The van der Waals surface area contributed by atoms with Crippen molar-refractivity contribution in [3.63, 3.8) is 0 Å². The van der Waals surface area contributed by atoms with Gasteiger partial charge in [-0.2, -0.15) is 5.10 Å². The van der Waals surface area contributed by atoms with Crippen molar-refractivity contribution in [2.24, 2.45) is 5.92 Å². The predicted molar refractivity (Wildman–Crippen MR) is 99.1 cm³/mol. The first-order valence-corrected chi connectivity index (χ1v) is 9.90. The second-order valence-corrected chi connectivity index (χ2v) is 9.36. The van der Waals surface area contributed by atoms with E-state index in [1.54, 1.807) is 4.68 Å². The lowest BCUT2D eigenvalue weighted by Gasteiger charge is -2.14. The van der Waals surface area contributed by atoms with Gasteiger partial charge in [0.05, 0.1) is 17.1 Å². The average molecular weight is 350 g/mol. The van der Waals surface area contributed by atoms with Crippen LogP contribution in [0.4, 0.5) is 5.82 Å². The fourth-order valence-electron chi connectivity index (χ4n) is 2.19. The summed E-state index contributed by atoms with van der Waals surface area (Å²) in [5.74, 6) is 0.927. The fraction of sp³-hybridized carbons (Fsp3) is 0.500. The number of para-hydroxylation sites is 1. The van der Waals surface area contributed by atoms with E-state index in [1.165, 1.54) is 0 Å². The number of anilines is 1. The van der Waals surface area contributed by atoms with Crippen LogP contribution < -0.4 is 4.72 Å². The van der Waals surface area contributed by atoms with Crippen LogP contribution in [-0.2, 0) is 15.4 Å². The molecule has 24 heavy (non-hydrogen) atoms. The van der Waals surface area contributed by atoms with E-state index in [0.717, 1.165) is 11.4 Å². The quantitative estimate of drug-likeness (QED) is 0.858. The lowest BCUT2D eigenvalue weighted by molar-refractivity contribution is 0.560. The summed E-state index contributed by atoms with van der Waals surface area (Å²) in [5.41, 5.74) is 1.50. The van der Waals surface area contributed by atoms with Crippen LogP contribution in [0.25, 0.3) is 5.69 Å². The van der Waals surface area contributed by atoms with Crippen molar-refractivity contribution in [3.05, 3.63) is 42.1 Å². The van der Waals surface area contributed by atoms with E-state index in [9.17, 15) is 8.42 Å². The van der Waals surface area contributed by atoms with E-state index in [0.29, 0.717) is 18.2 Å². The predicted octanol–water partition coefficient (Wildman–Crippen LogP) is 3.96. The number of hydrogen-bond donors (Lipinski definition) is 1. The summed E-state index contributed by atoms with van der Waals surface area (Å²) in [6.45, 7) is 10.2. The van der Waals surface area contributed by atoms with Crippen LogP contribution in [0, 0.1) is 5.92 Å². The van der Waals surface area contributed by atoms with Crippen LogP contribution in [0.5, 0.6) is 0 Å². The lowest BCUT2D eigenvalue weighted by atomic mass is 9.92. The van der Waals surface area contributed by atoms with Crippen molar-refractivity contribution in [1.29, 1.82) is 0 Å². The zero-order valence-corrected chi connectivity index (χ0v) is 15.9. The fourth-order valence-corrected chi connectivity index (χ4v) is 3.54. The topological polar surface area (TPSA) is 64.0 Å². The molecule has 0 fully saturated rings. The molecular formula is C18H27N3O2S. The number of nitrogens with one attached hydrogen (secondary N) is 1. The average Bonchev–Trinajstić information content (AvgIpc) is 2.89. The van der Waals surface area contributed by atoms with Gasteiger partial charge >= 0.3 is 0 Å². The van der Waals surface area contributed by atoms with Crippen LogP contribution in [0.3, 0.4) is 0 Å². The maximum atomic E-state index is 12.4. The minimum absolute atomic E-state index is 0.107. The van der Waals surface area contributed by atoms with Crippen molar-refractivity contribution in [1.82, 2.24) is 9.78 Å². The molecule has 0 spiro atoms. The molecule has 132 valence electrons. The number of benzene rings is 1. The van der Waals surface area contributed by atoms with Gasteiger partial charge in [0.15, 0.2) is 0 Å². The second kappa shape index (κ2) is 6.97. The van der Waals surface area contributed by atoms with Gasteiger partial charge in [0.2, 0.25) is 10.0 Å². The number of rotatable bonds is 6. The van der Waals surface area contributed by atoms with E-state index in [2.05, 4.69) is 30.6 Å². The molecule has 0 saturated heterocycles. The highest BCUT2D eigenvalue weighted by molar-refractivity contribution is 7.92. The van der Waals surface area contributed by atoms with Gasteiger partial charge in [-0.1, -0.05) is 52.8 Å².